The van der Waals surface area contributed by atoms with E-state index in [1.54, 1.807) is 24.3 Å². The summed E-state index contributed by atoms with van der Waals surface area (Å²) in [5.74, 6) is -1.01. The molecule has 1 atom stereocenters. The molecule has 0 radical (unpaired) electrons. The second-order valence-electron chi connectivity index (χ2n) is 5.24. The Morgan fingerprint density at radius 3 is 2.90 bits per heavy atom. The molecule has 0 saturated carbocycles. The highest BCUT2D eigenvalue weighted by molar-refractivity contribution is 5.95. The Bertz CT molecular complexity index is 546. The highest BCUT2D eigenvalue weighted by Gasteiger charge is 2.36. The topological polar surface area (TPSA) is 78.4 Å². The molecule has 1 fully saturated rings. The van der Waals surface area contributed by atoms with Crippen molar-refractivity contribution in [1.82, 2.24) is 5.32 Å². The van der Waals surface area contributed by atoms with Gasteiger partial charge in [0.15, 0.2) is 0 Å². The van der Waals surface area contributed by atoms with Crippen molar-refractivity contribution < 1.29 is 14.7 Å². The van der Waals surface area contributed by atoms with Crippen LogP contribution >= 0.6 is 0 Å². The number of carbonyl (C=O) groups is 2. The van der Waals surface area contributed by atoms with E-state index < -0.39 is 5.97 Å². The predicted molar refractivity (Wildman–Crippen MR) is 77.3 cm³/mol. The Labute approximate surface area is 117 Å². The standard InChI is InChI=1S/C15H18N2O3/c1-15(7-8-16-10-15)14(20)17-12-4-2-3-11(9-12)5-6-13(18)19/h2-6,9,16H,7-8,10H2,1H3,(H,17,20)(H,18,19)/b6-5+. The van der Waals surface area contributed by atoms with Crippen LogP contribution in [0.15, 0.2) is 30.3 Å². The average Bonchev–Trinajstić information content (AvgIpc) is 2.85. The van der Waals surface area contributed by atoms with E-state index in [0.29, 0.717) is 12.2 Å². The Kier molecular flexibility index (Phi) is 4.20. The number of nitrogens with one attached hydrogen (secondary N) is 2. The highest BCUT2D eigenvalue weighted by atomic mass is 16.4. The molecule has 0 aliphatic carbocycles. The van der Waals surface area contributed by atoms with Gasteiger partial charge < -0.3 is 15.7 Å². The van der Waals surface area contributed by atoms with Gasteiger partial charge in [0.25, 0.3) is 0 Å². The first-order valence-corrected chi connectivity index (χ1v) is 6.53. The number of hydrogen-bond donors (Lipinski definition) is 3. The van der Waals surface area contributed by atoms with E-state index in [2.05, 4.69) is 10.6 Å². The van der Waals surface area contributed by atoms with Crippen LogP contribution in [0.25, 0.3) is 6.08 Å². The number of anilines is 1. The monoisotopic (exact) mass is 274 g/mol. The Morgan fingerprint density at radius 2 is 2.25 bits per heavy atom. The number of amides is 1. The number of carbonyl (C=O) groups excluding carboxylic acids is 1. The lowest BCUT2D eigenvalue weighted by molar-refractivity contribution is -0.131. The average molecular weight is 274 g/mol. The number of aliphatic carboxylic acids is 1. The summed E-state index contributed by atoms with van der Waals surface area (Å²) in [6.07, 6.45) is 3.39. The van der Waals surface area contributed by atoms with Gasteiger partial charge in [0.2, 0.25) is 5.91 Å². The molecule has 1 heterocycles. The van der Waals surface area contributed by atoms with Crippen molar-refractivity contribution in [2.75, 3.05) is 18.4 Å². The molecular formula is C15H18N2O3. The van der Waals surface area contributed by atoms with Crippen LogP contribution in [0.5, 0.6) is 0 Å². The van der Waals surface area contributed by atoms with Gasteiger partial charge in [0, 0.05) is 18.3 Å². The maximum absolute atomic E-state index is 12.3. The van der Waals surface area contributed by atoms with E-state index in [4.69, 9.17) is 5.11 Å². The summed E-state index contributed by atoms with van der Waals surface area (Å²) in [4.78, 5) is 22.7. The van der Waals surface area contributed by atoms with Crippen LogP contribution in [0.4, 0.5) is 5.69 Å². The summed E-state index contributed by atoms with van der Waals surface area (Å²) >= 11 is 0. The van der Waals surface area contributed by atoms with Crippen molar-refractivity contribution >= 4 is 23.6 Å². The molecular weight excluding hydrogens is 256 g/mol. The minimum atomic E-state index is -0.996. The molecule has 1 aliphatic heterocycles. The molecule has 3 N–H and O–H groups in total. The predicted octanol–water partition coefficient (Wildman–Crippen LogP) is 1.72. The fraction of sp³-hybridized carbons (Fsp3) is 0.333. The summed E-state index contributed by atoms with van der Waals surface area (Å²) in [7, 11) is 0. The second-order valence-corrected chi connectivity index (χ2v) is 5.24. The van der Waals surface area contributed by atoms with Gasteiger partial charge in [-0.25, -0.2) is 4.79 Å². The van der Waals surface area contributed by atoms with Crippen LogP contribution in [0.2, 0.25) is 0 Å². The van der Waals surface area contributed by atoms with Gasteiger partial charge in [0.05, 0.1) is 5.41 Å². The van der Waals surface area contributed by atoms with Crippen molar-refractivity contribution in [3.8, 4) is 0 Å². The number of benzene rings is 1. The zero-order chi connectivity index (χ0) is 14.6. The lowest BCUT2D eigenvalue weighted by Gasteiger charge is -2.21. The third-order valence-corrected chi connectivity index (χ3v) is 3.48. The lowest BCUT2D eigenvalue weighted by atomic mass is 9.88. The van der Waals surface area contributed by atoms with E-state index in [9.17, 15) is 9.59 Å². The second kappa shape index (κ2) is 5.88. The molecule has 5 nitrogen and oxygen atoms in total. The quantitative estimate of drug-likeness (QED) is 0.731. The van der Waals surface area contributed by atoms with Crippen LogP contribution in [0, 0.1) is 5.41 Å². The smallest absolute Gasteiger partial charge is 0.328 e. The van der Waals surface area contributed by atoms with Crippen molar-refractivity contribution in [1.29, 1.82) is 0 Å². The number of carboxylic acid groups (broad SMARTS) is 1. The van der Waals surface area contributed by atoms with Crippen molar-refractivity contribution in [2.45, 2.75) is 13.3 Å². The van der Waals surface area contributed by atoms with E-state index in [1.165, 1.54) is 6.08 Å². The Morgan fingerprint density at radius 1 is 1.45 bits per heavy atom. The van der Waals surface area contributed by atoms with Crippen LogP contribution in [-0.4, -0.2) is 30.1 Å². The number of rotatable bonds is 4. The molecule has 20 heavy (non-hydrogen) atoms. The van der Waals surface area contributed by atoms with Gasteiger partial charge >= 0.3 is 5.97 Å². The largest absolute Gasteiger partial charge is 0.478 e. The molecule has 0 spiro atoms. The van der Waals surface area contributed by atoms with Gasteiger partial charge in [-0.1, -0.05) is 12.1 Å². The molecule has 1 aromatic carbocycles. The van der Waals surface area contributed by atoms with Crippen LogP contribution in [0.3, 0.4) is 0 Å². The van der Waals surface area contributed by atoms with E-state index in [0.717, 1.165) is 24.6 Å². The van der Waals surface area contributed by atoms with Crippen LogP contribution in [-0.2, 0) is 9.59 Å². The van der Waals surface area contributed by atoms with Crippen molar-refractivity contribution in [3.63, 3.8) is 0 Å². The van der Waals surface area contributed by atoms with Gasteiger partial charge in [-0.05, 0) is 43.7 Å². The zero-order valence-corrected chi connectivity index (χ0v) is 11.3. The first-order chi connectivity index (χ1) is 9.49. The summed E-state index contributed by atoms with van der Waals surface area (Å²) in [5.41, 5.74) is 1.03. The Hall–Kier alpha value is -2.14. The molecule has 0 bridgehead atoms. The maximum Gasteiger partial charge on any atom is 0.328 e. The molecule has 1 aromatic rings. The van der Waals surface area contributed by atoms with Gasteiger partial charge in [-0.3, -0.25) is 4.79 Å². The Balaban J connectivity index is 2.08. The zero-order valence-electron chi connectivity index (χ0n) is 11.3. The fourth-order valence-electron chi connectivity index (χ4n) is 2.18. The number of hydrogen-bond acceptors (Lipinski definition) is 3. The summed E-state index contributed by atoms with van der Waals surface area (Å²) in [6.45, 7) is 3.47. The van der Waals surface area contributed by atoms with E-state index in [-0.39, 0.29) is 11.3 Å². The lowest BCUT2D eigenvalue weighted by Crippen LogP contribution is -2.35. The fourth-order valence-corrected chi connectivity index (χ4v) is 2.18. The van der Waals surface area contributed by atoms with Crippen LogP contribution < -0.4 is 10.6 Å². The highest BCUT2D eigenvalue weighted by Crippen LogP contribution is 2.26. The first-order valence-electron chi connectivity index (χ1n) is 6.53. The van der Waals surface area contributed by atoms with Crippen molar-refractivity contribution in [2.24, 2.45) is 5.41 Å². The normalized spacial score (nSPS) is 22.1. The van der Waals surface area contributed by atoms with E-state index >= 15 is 0 Å². The third-order valence-electron chi connectivity index (χ3n) is 3.48. The third kappa shape index (κ3) is 3.45. The minimum absolute atomic E-state index is 0.0122. The van der Waals surface area contributed by atoms with Crippen LogP contribution in [0.1, 0.15) is 18.9 Å². The molecule has 1 aliphatic rings. The first kappa shape index (κ1) is 14.3. The summed E-state index contributed by atoms with van der Waals surface area (Å²) < 4.78 is 0. The molecule has 1 unspecified atom stereocenters. The summed E-state index contributed by atoms with van der Waals surface area (Å²) in [5, 5.41) is 14.7. The molecule has 0 aromatic heterocycles. The minimum Gasteiger partial charge on any atom is -0.478 e. The summed E-state index contributed by atoms with van der Waals surface area (Å²) in [6, 6.07) is 7.12. The van der Waals surface area contributed by atoms with E-state index in [1.807, 2.05) is 6.92 Å². The molecule has 1 saturated heterocycles. The molecule has 106 valence electrons. The molecule has 1 amide bonds. The maximum atomic E-state index is 12.3. The van der Waals surface area contributed by atoms with Gasteiger partial charge in [-0.15, -0.1) is 0 Å². The van der Waals surface area contributed by atoms with Gasteiger partial charge in [-0.2, -0.15) is 0 Å². The molecule has 2 rings (SSSR count). The number of carboxylic acids is 1. The molecule has 5 heteroatoms. The SMILES string of the molecule is CC1(C(=O)Nc2cccc(/C=C/C(=O)O)c2)CCNC1. The van der Waals surface area contributed by atoms with Crippen molar-refractivity contribution in [3.05, 3.63) is 35.9 Å². The van der Waals surface area contributed by atoms with Gasteiger partial charge in [0.1, 0.15) is 0 Å².